The number of aliphatic hydroxyl groups excluding tert-OH is 1. The number of methoxy groups -OCH3 is 1. The fourth-order valence-electron chi connectivity index (χ4n) is 1.58. The Bertz CT molecular complexity index is 371. The summed E-state index contributed by atoms with van der Waals surface area (Å²) in [7, 11) is 1.59. The molecule has 1 aromatic rings. The van der Waals surface area contributed by atoms with E-state index < -0.39 is 6.10 Å². The molecule has 1 atom stereocenters. The molecule has 0 aromatic heterocycles. The SMILES string of the molecule is COc1cccc(C(O)CCC(=O)C(C)C)c1. The van der Waals surface area contributed by atoms with Gasteiger partial charge in [0.2, 0.25) is 0 Å². The van der Waals surface area contributed by atoms with Crippen molar-refractivity contribution in [1.82, 2.24) is 0 Å². The molecule has 1 unspecified atom stereocenters. The van der Waals surface area contributed by atoms with E-state index in [2.05, 4.69) is 0 Å². The lowest BCUT2D eigenvalue weighted by Crippen LogP contribution is -2.09. The van der Waals surface area contributed by atoms with Gasteiger partial charge < -0.3 is 9.84 Å². The van der Waals surface area contributed by atoms with Crippen LogP contribution in [0.4, 0.5) is 0 Å². The average Bonchev–Trinajstić information content (AvgIpc) is 2.35. The van der Waals surface area contributed by atoms with Crippen LogP contribution in [0.15, 0.2) is 24.3 Å². The van der Waals surface area contributed by atoms with Gasteiger partial charge in [-0.15, -0.1) is 0 Å². The molecular formula is C14H20O3. The van der Waals surface area contributed by atoms with Crippen molar-refractivity contribution >= 4 is 5.78 Å². The summed E-state index contributed by atoms with van der Waals surface area (Å²) in [5.41, 5.74) is 0.793. The highest BCUT2D eigenvalue weighted by Gasteiger charge is 2.13. The molecule has 0 heterocycles. The Morgan fingerprint density at radius 2 is 2.12 bits per heavy atom. The van der Waals surface area contributed by atoms with E-state index >= 15 is 0 Å². The maximum absolute atomic E-state index is 11.5. The van der Waals surface area contributed by atoms with E-state index in [1.165, 1.54) is 0 Å². The highest BCUT2D eigenvalue weighted by atomic mass is 16.5. The van der Waals surface area contributed by atoms with E-state index in [1.807, 2.05) is 32.0 Å². The number of ether oxygens (including phenoxy) is 1. The molecular weight excluding hydrogens is 216 g/mol. The first kappa shape index (κ1) is 13.7. The minimum Gasteiger partial charge on any atom is -0.497 e. The predicted octanol–water partition coefficient (Wildman–Crippen LogP) is 2.73. The number of hydrogen-bond donors (Lipinski definition) is 1. The summed E-state index contributed by atoms with van der Waals surface area (Å²) >= 11 is 0. The summed E-state index contributed by atoms with van der Waals surface area (Å²) in [6.45, 7) is 3.75. The Kier molecular flexibility index (Phi) is 5.16. The minimum absolute atomic E-state index is 0.0347. The molecule has 1 rings (SSSR count). The van der Waals surface area contributed by atoms with Gasteiger partial charge in [-0.1, -0.05) is 26.0 Å². The maximum atomic E-state index is 11.5. The molecule has 0 fully saturated rings. The van der Waals surface area contributed by atoms with Crippen molar-refractivity contribution in [1.29, 1.82) is 0 Å². The predicted molar refractivity (Wildman–Crippen MR) is 67.0 cm³/mol. The zero-order valence-corrected chi connectivity index (χ0v) is 10.6. The number of hydrogen-bond acceptors (Lipinski definition) is 3. The molecule has 1 aromatic carbocycles. The fourth-order valence-corrected chi connectivity index (χ4v) is 1.58. The van der Waals surface area contributed by atoms with Gasteiger partial charge in [-0.3, -0.25) is 4.79 Å². The van der Waals surface area contributed by atoms with Crippen LogP contribution in [-0.2, 0) is 4.79 Å². The standard InChI is InChI=1S/C14H20O3/c1-10(2)13(15)7-8-14(16)11-5-4-6-12(9-11)17-3/h4-6,9-10,14,16H,7-8H2,1-3H3. The van der Waals surface area contributed by atoms with Gasteiger partial charge in [0.25, 0.3) is 0 Å². The second-order valence-corrected chi connectivity index (χ2v) is 4.45. The molecule has 0 aliphatic heterocycles. The van der Waals surface area contributed by atoms with E-state index in [0.717, 1.165) is 11.3 Å². The Balaban J connectivity index is 2.57. The van der Waals surface area contributed by atoms with Gasteiger partial charge in [-0.2, -0.15) is 0 Å². The first-order valence-corrected chi connectivity index (χ1v) is 5.89. The summed E-state index contributed by atoms with van der Waals surface area (Å²) in [5.74, 6) is 0.941. The fraction of sp³-hybridized carbons (Fsp3) is 0.500. The van der Waals surface area contributed by atoms with E-state index in [0.29, 0.717) is 12.8 Å². The van der Waals surface area contributed by atoms with Crippen molar-refractivity contribution < 1.29 is 14.6 Å². The first-order chi connectivity index (χ1) is 8.04. The van der Waals surface area contributed by atoms with Gasteiger partial charge in [-0.25, -0.2) is 0 Å². The summed E-state index contributed by atoms with van der Waals surface area (Å²) in [6, 6.07) is 7.30. The van der Waals surface area contributed by atoms with Crippen LogP contribution in [0, 0.1) is 5.92 Å². The zero-order valence-electron chi connectivity index (χ0n) is 10.6. The van der Waals surface area contributed by atoms with Crippen LogP contribution >= 0.6 is 0 Å². The van der Waals surface area contributed by atoms with Gasteiger partial charge >= 0.3 is 0 Å². The number of carbonyl (C=O) groups excluding carboxylic acids is 1. The van der Waals surface area contributed by atoms with Crippen LogP contribution in [0.2, 0.25) is 0 Å². The van der Waals surface area contributed by atoms with Gasteiger partial charge in [-0.05, 0) is 24.1 Å². The third-order valence-corrected chi connectivity index (χ3v) is 2.79. The normalized spacial score (nSPS) is 12.5. The monoisotopic (exact) mass is 236 g/mol. The van der Waals surface area contributed by atoms with E-state index in [-0.39, 0.29) is 11.7 Å². The minimum atomic E-state index is -0.604. The lowest BCUT2D eigenvalue weighted by atomic mass is 9.99. The Labute approximate surface area is 102 Å². The number of aliphatic hydroxyl groups is 1. The number of benzene rings is 1. The van der Waals surface area contributed by atoms with Gasteiger partial charge in [0.1, 0.15) is 11.5 Å². The third-order valence-electron chi connectivity index (χ3n) is 2.79. The Morgan fingerprint density at radius 3 is 2.71 bits per heavy atom. The van der Waals surface area contributed by atoms with Crippen molar-refractivity contribution in [2.75, 3.05) is 7.11 Å². The molecule has 0 amide bonds. The highest BCUT2D eigenvalue weighted by molar-refractivity contribution is 5.80. The smallest absolute Gasteiger partial charge is 0.135 e. The van der Waals surface area contributed by atoms with Crippen LogP contribution < -0.4 is 4.74 Å². The molecule has 94 valence electrons. The molecule has 0 radical (unpaired) electrons. The lowest BCUT2D eigenvalue weighted by molar-refractivity contribution is -0.122. The van der Waals surface area contributed by atoms with Crippen molar-refractivity contribution in [3.8, 4) is 5.75 Å². The Morgan fingerprint density at radius 1 is 1.41 bits per heavy atom. The highest BCUT2D eigenvalue weighted by Crippen LogP contribution is 2.23. The van der Waals surface area contributed by atoms with Crippen molar-refractivity contribution in [3.63, 3.8) is 0 Å². The van der Waals surface area contributed by atoms with E-state index in [1.54, 1.807) is 13.2 Å². The van der Waals surface area contributed by atoms with Crippen molar-refractivity contribution in [3.05, 3.63) is 29.8 Å². The summed E-state index contributed by atoms with van der Waals surface area (Å²) in [6.07, 6.45) is 0.271. The number of ketones is 1. The van der Waals surface area contributed by atoms with Crippen LogP contribution in [-0.4, -0.2) is 18.0 Å². The summed E-state index contributed by atoms with van der Waals surface area (Å²) < 4.78 is 5.09. The topological polar surface area (TPSA) is 46.5 Å². The molecule has 0 spiro atoms. The van der Waals surface area contributed by atoms with Crippen molar-refractivity contribution in [2.45, 2.75) is 32.8 Å². The summed E-state index contributed by atoms with van der Waals surface area (Å²) in [4.78, 5) is 11.5. The number of carbonyl (C=O) groups is 1. The van der Waals surface area contributed by atoms with Gasteiger partial charge in [0.15, 0.2) is 0 Å². The molecule has 3 heteroatoms. The largest absolute Gasteiger partial charge is 0.497 e. The van der Waals surface area contributed by atoms with Gasteiger partial charge in [0.05, 0.1) is 13.2 Å². The zero-order chi connectivity index (χ0) is 12.8. The van der Waals surface area contributed by atoms with Gasteiger partial charge in [0, 0.05) is 12.3 Å². The molecule has 1 N–H and O–H groups in total. The first-order valence-electron chi connectivity index (χ1n) is 5.89. The average molecular weight is 236 g/mol. The quantitative estimate of drug-likeness (QED) is 0.826. The van der Waals surface area contributed by atoms with Crippen molar-refractivity contribution in [2.24, 2.45) is 5.92 Å². The molecule has 0 saturated heterocycles. The summed E-state index contributed by atoms with van der Waals surface area (Å²) in [5, 5.41) is 9.96. The van der Waals surface area contributed by atoms with Crippen LogP contribution in [0.1, 0.15) is 38.4 Å². The Hall–Kier alpha value is -1.35. The molecule has 0 saturated carbocycles. The van der Waals surface area contributed by atoms with E-state index in [9.17, 15) is 9.90 Å². The molecule has 0 aliphatic carbocycles. The third kappa shape index (κ3) is 4.19. The van der Waals surface area contributed by atoms with E-state index in [4.69, 9.17) is 4.74 Å². The molecule has 0 aliphatic rings. The molecule has 3 nitrogen and oxygen atoms in total. The van der Waals surface area contributed by atoms with Crippen LogP contribution in [0.25, 0.3) is 0 Å². The molecule has 0 bridgehead atoms. The van der Waals surface area contributed by atoms with Crippen LogP contribution in [0.3, 0.4) is 0 Å². The van der Waals surface area contributed by atoms with Crippen LogP contribution in [0.5, 0.6) is 5.75 Å². The second kappa shape index (κ2) is 6.40. The second-order valence-electron chi connectivity index (χ2n) is 4.45. The lowest BCUT2D eigenvalue weighted by Gasteiger charge is -2.12. The number of Topliss-reactive ketones (excluding diaryl/α,β-unsaturated/α-hetero) is 1. The number of rotatable bonds is 6. The molecule has 17 heavy (non-hydrogen) atoms. The maximum Gasteiger partial charge on any atom is 0.135 e.